The van der Waals surface area contributed by atoms with E-state index in [0.717, 1.165) is 5.56 Å². The standard InChI is InChI=1S/C21H18N4O4/c1-29-21(28)16-3-2-4-17(11-16)25-20(27)18-12-15(7-10-23-18)19(26)24-13-14-5-8-22-9-6-14/h2-12H,13H2,1H3,(H,24,26)(H,25,27). The molecule has 0 spiro atoms. The summed E-state index contributed by atoms with van der Waals surface area (Å²) in [5.41, 5.74) is 2.01. The molecule has 0 fully saturated rings. The molecule has 0 unspecified atom stereocenters. The molecule has 0 saturated carbocycles. The molecule has 1 aromatic carbocycles. The van der Waals surface area contributed by atoms with Gasteiger partial charge in [0.1, 0.15) is 5.69 Å². The number of nitrogens with zero attached hydrogens (tertiary/aromatic N) is 2. The van der Waals surface area contributed by atoms with E-state index in [1.807, 2.05) is 0 Å². The monoisotopic (exact) mass is 390 g/mol. The van der Waals surface area contributed by atoms with Crippen molar-refractivity contribution in [2.75, 3.05) is 12.4 Å². The molecule has 0 aliphatic rings. The zero-order chi connectivity index (χ0) is 20.6. The molecule has 2 N–H and O–H groups in total. The van der Waals surface area contributed by atoms with Gasteiger partial charge in [0, 0.05) is 36.4 Å². The Morgan fingerprint density at radius 2 is 1.72 bits per heavy atom. The van der Waals surface area contributed by atoms with Crippen molar-refractivity contribution in [2.45, 2.75) is 6.54 Å². The van der Waals surface area contributed by atoms with Gasteiger partial charge >= 0.3 is 5.97 Å². The number of carbonyl (C=O) groups is 3. The second-order valence-corrected chi connectivity index (χ2v) is 5.99. The first-order chi connectivity index (χ1) is 14.1. The first-order valence-corrected chi connectivity index (χ1v) is 8.69. The number of nitrogens with one attached hydrogen (secondary N) is 2. The Hall–Kier alpha value is -4.07. The third kappa shape index (κ3) is 5.23. The molecule has 3 aromatic rings. The molecule has 0 saturated heterocycles. The van der Waals surface area contributed by atoms with Crippen LogP contribution in [-0.2, 0) is 11.3 Å². The minimum Gasteiger partial charge on any atom is -0.465 e. The van der Waals surface area contributed by atoms with Gasteiger partial charge in [-0.25, -0.2) is 4.79 Å². The summed E-state index contributed by atoms with van der Waals surface area (Å²) in [4.78, 5) is 44.4. The van der Waals surface area contributed by atoms with Gasteiger partial charge in [-0.3, -0.25) is 19.6 Å². The van der Waals surface area contributed by atoms with Crippen molar-refractivity contribution in [3.05, 3.63) is 89.5 Å². The summed E-state index contributed by atoms with van der Waals surface area (Å²) in [7, 11) is 1.28. The molecule has 0 aliphatic heterocycles. The third-order valence-electron chi connectivity index (χ3n) is 4.00. The number of hydrogen-bond acceptors (Lipinski definition) is 6. The maximum Gasteiger partial charge on any atom is 0.337 e. The van der Waals surface area contributed by atoms with Crippen molar-refractivity contribution in [3.63, 3.8) is 0 Å². The second-order valence-electron chi connectivity index (χ2n) is 5.99. The fourth-order valence-electron chi connectivity index (χ4n) is 2.52. The Morgan fingerprint density at radius 3 is 2.48 bits per heavy atom. The van der Waals surface area contributed by atoms with Crippen LogP contribution in [0.25, 0.3) is 0 Å². The summed E-state index contributed by atoms with van der Waals surface area (Å²) in [6.45, 7) is 0.339. The Bertz CT molecular complexity index is 1040. The Labute approximate surface area is 167 Å². The van der Waals surface area contributed by atoms with Crippen LogP contribution in [0.4, 0.5) is 5.69 Å². The van der Waals surface area contributed by atoms with Gasteiger partial charge in [0.15, 0.2) is 0 Å². The van der Waals surface area contributed by atoms with E-state index in [0.29, 0.717) is 23.4 Å². The van der Waals surface area contributed by atoms with Crippen LogP contribution in [0, 0.1) is 0 Å². The van der Waals surface area contributed by atoms with Gasteiger partial charge in [-0.2, -0.15) is 0 Å². The van der Waals surface area contributed by atoms with Crippen LogP contribution >= 0.6 is 0 Å². The molecule has 3 rings (SSSR count). The summed E-state index contributed by atoms with van der Waals surface area (Å²) in [5, 5.41) is 5.43. The lowest BCUT2D eigenvalue weighted by Crippen LogP contribution is -2.23. The van der Waals surface area contributed by atoms with Crippen LogP contribution < -0.4 is 10.6 Å². The van der Waals surface area contributed by atoms with E-state index in [2.05, 4.69) is 25.3 Å². The van der Waals surface area contributed by atoms with Gasteiger partial charge in [-0.05, 0) is 48.0 Å². The number of methoxy groups -OCH3 is 1. The lowest BCUT2D eigenvalue weighted by Gasteiger charge is -2.08. The van der Waals surface area contributed by atoms with E-state index >= 15 is 0 Å². The first kappa shape index (κ1) is 19.7. The highest BCUT2D eigenvalue weighted by molar-refractivity contribution is 6.05. The van der Waals surface area contributed by atoms with Gasteiger partial charge < -0.3 is 15.4 Å². The summed E-state index contributed by atoms with van der Waals surface area (Å²) in [6, 6.07) is 12.9. The number of aromatic nitrogens is 2. The Balaban J connectivity index is 1.67. The summed E-state index contributed by atoms with van der Waals surface area (Å²) in [6.07, 6.45) is 4.68. The van der Waals surface area contributed by atoms with Crippen molar-refractivity contribution >= 4 is 23.5 Å². The molecule has 2 heterocycles. The highest BCUT2D eigenvalue weighted by atomic mass is 16.5. The molecular weight excluding hydrogens is 372 g/mol. The molecule has 146 valence electrons. The fraction of sp³-hybridized carbons (Fsp3) is 0.0952. The van der Waals surface area contributed by atoms with Gasteiger partial charge in [0.25, 0.3) is 11.8 Å². The van der Waals surface area contributed by atoms with Gasteiger partial charge in [0.05, 0.1) is 12.7 Å². The number of carbonyl (C=O) groups excluding carboxylic acids is 3. The number of amides is 2. The van der Waals surface area contributed by atoms with E-state index < -0.39 is 11.9 Å². The van der Waals surface area contributed by atoms with Gasteiger partial charge in [0.2, 0.25) is 0 Å². The van der Waals surface area contributed by atoms with E-state index in [4.69, 9.17) is 0 Å². The molecule has 0 radical (unpaired) electrons. The molecule has 0 aliphatic carbocycles. The number of rotatable bonds is 6. The van der Waals surface area contributed by atoms with Gasteiger partial charge in [-0.15, -0.1) is 0 Å². The van der Waals surface area contributed by atoms with Crippen LogP contribution in [0.5, 0.6) is 0 Å². The molecule has 2 aromatic heterocycles. The Morgan fingerprint density at radius 1 is 0.931 bits per heavy atom. The minimum atomic E-state index is -0.507. The van der Waals surface area contributed by atoms with E-state index in [1.54, 1.807) is 42.7 Å². The normalized spacial score (nSPS) is 10.1. The second kappa shape index (κ2) is 9.23. The summed E-state index contributed by atoms with van der Waals surface area (Å²) >= 11 is 0. The van der Waals surface area contributed by atoms with Crippen molar-refractivity contribution in [3.8, 4) is 0 Å². The molecule has 8 nitrogen and oxygen atoms in total. The van der Waals surface area contributed by atoms with Crippen molar-refractivity contribution in [1.29, 1.82) is 0 Å². The predicted molar refractivity (Wildman–Crippen MR) is 105 cm³/mol. The number of benzene rings is 1. The zero-order valence-electron chi connectivity index (χ0n) is 15.6. The van der Waals surface area contributed by atoms with E-state index in [9.17, 15) is 14.4 Å². The molecule has 0 bridgehead atoms. The quantitative estimate of drug-likeness (QED) is 0.626. The fourth-order valence-corrected chi connectivity index (χ4v) is 2.52. The number of hydrogen-bond donors (Lipinski definition) is 2. The van der Waals surface area contributed by atoms with Crippen molar-refractivity contribution in [2.24, 2.45) is 0 Å². The summed E-state index contributed by atoms with van der Waals surface area (Å²) < 4.78 is 4.67. The largest absolute Gasteiger partial charge is 0.465 e. The van der Waals surface area contributed by atoms with E-state index in [-0.39, 0.29) is 11.6 Å². The van der Waals surface area contributed by atoms with Crippen LogP contribution in [0.15, 0.2) is 67.1 Å². The Kier molecular flexibility index (Phi) is 6.26. The molecular formula is C21H18N4O4. The molecule has 0 atom stereocenters. The SMILES string of the molecule is COC(=O)c1cccc(NC(=O)c2cc(C(=O)NCc3ccncc3)ccn2)c1. The third-order valence-corrected chi connectivity index (χ3v) is 4.00. The first-order valence-electron chi connectivity index (χ1n) is 8.69. The average Bonchev–Trinajstić information content (AvgIpc) is 2.77. The zero-order valence-corrected chi connectivity index (χ0v) is 15.6. The molecule has 29 heavy (non-hydrogen) atoms. The van der Waals surface area contributed by atoms with Crippen molar-refractivity contribution < 1.29 is 19.1 Å². The smallest absolute Gasteiger partial charge is 0.337 e. The predicted octanol–water partition coefficient (Wildman–Crippen LogP) is 2.45. The summed E-state index contributed by atoms with van der Waals surface area (Å²) in [5.74, 6) is -1.34. The maximum atomic E-state index is 12.5. The number of pyridine rings is 2. The minimum absolute atomic E-state index is 0.0741. The highest BCUT2D eigenvalue weighted by Crippen LogP contribution is 2.13. The molecule has 2 amide bonds. The van der Waals surface area contributed by atoms with Crippen LogP contribution in [0.3, 0.4) is 0 Å². The van der Waals surface area contributed by atoms with Gasteiger partial charge in [-0.1, -0.05) is 6.07 Å². The maximum absolute atomic E-state index is 12.5. The van der Waals surface area contributed by atoms with Crippen LogP contribution in [0.2, 0.25) is 0 Å². The lowest BCUT2D eigenvalue weighted by atomic mass is 10.1. The van der Waals surface area contributed by atoms with Crippen LogP contribution in [-0.4, -0.2) is 34.9 Å². The number of esters is 1. The van der Waals surface area contributed by atoms with Crippen molar-refractivity contribution in [1.82, 2.24) is 15.3 Å². The van der Waals surface area contributed by atoms with Crippen LogP contribution in [0.1, 0.15) is 36.8 Å². The number of anilines is 1. The van der Waals surface area contributed by atoms with E-state index in [1.165, 1.54) is 31.5 Å². The average molecular weight is 390 g/mol. The number of ether oxygens (including phenoxy) is 1. The lowest BCUT2D eigenvalue weighted by molar-refractivity contribution is 0.0600. The highest BCUT2D eigenvalue weighted by Gasteiger charge is 2.13. The molecule has 8 heteroatoms. The topological polar surface area (TPSA) is 110 Å².